The Kier molecular flexibility index (Phi) is 4.91. The highest BCUT2D eigenvalue weighted by atomic mass is 32.2. The lowest BCUT2D eigenvalue weighted by atomic mass is 10.1. The maximum absolute atomic E-state index is 12.8. The van der Waals surface area contributed by atoms with E-state index in [2.05, 4.69) is 5.10 Å². The van der Waals surface area contributed by atoms with Crippen molar-refractivity contribution >= 4 is 15.7 Å². The molecule has 29 heavy (non-hydrogen) atoms. The zero-order valence-electron chi connectivity index (χ0n) is 16.1. The predicted octanol–water partition coefficient (Wildman–Crippen LogP) is 2.13. The summed E-state index contributed by atoms with van der Waals surface area (Å²) in [6.45, 7) is 0.336. The zero-order chi connectivity index (χ0) is 20.6. The molecular weight excluding hydrogens is 394 g/mol. The number of carbonyl (C=O) groups excluding carboxylic acids is 1. The molecule has 152 valence electrons. The van der Waals surface area contributed by atoms with Crippen molar-refractivity contribution in [2.75, 3.05) is 20.2 Å². The van der Waals surface area contributed by atoms with Crippen molar-refractivity contribution in [3.63, 3.8) is 0 Å². The minimum Gasteiger partial charge on any atom is -0.497 e. The Morgan fingerprint density at radius 3 is 2.72 bits per heavy atom. The van der Waals surface area contributed by atoms with E-state index in [0.717, 1.165) is 5.56 Å². The van der Waals surface area contributed by atoms with Crippen LogP contribution in [0.1, 0.15) is 16.2 Å². The molecule has 0 aliphatic carbocycles. The number of ether oxygens (including phenoxy) is 1. The van der Waals surface area contributed by atoms with Gasteiger partial charge < -0.3 is 14.1 Å². The molecule has 1 saturated heterocycles. The predicted molar refractivity (Wildman–Crippen MR) is 106 cm³/mol. The van der Waals surface area contributed by atoms with Crippen molar-refractivity contribution in [3.8, 4) is 17.0 Å². The van der Waals surface area contributed by atoms with Crippen LogP contribution in [-0.2, 0) is 22.6 Å². The smallest absolute Gasteiger partial charge is 0.272 e. The Hall–Kier alpha value is -3.07. The number of likely N-dealkylation sites (tertiary alicyclic amines) is 1. The molecule has 0 spiro atoms. The van der Waals surface area contributed by atoms with Gasteiger partial charge in [-0.1, -0.05) is 12.1 Å². The van der Waals surface area contributed by atoms with E-state index in [9.17, 15) is 13.2 Å². The van der Waals surface area contributed by atoms with Gasteiger partial charge in [-0.15, -0.1) is 0 Å². The summed E-state index contributed by atoms with van der Waals surface area (Å²) in [5.74, 6) is 0.717. The molecule has 0 radical (unpaired) electrons. The molecule has 0 atom stereocenters. The van der Waals surface area contributed by atoms with Gasteiger partial charge >= 0.3 is 0 Å². The third-order valence-corrected chi connectivity index (χ3v) is 7.03. The first kappa shape index (κ1) is 19.3. The van der Waals surface area contributed by atoms with Crippen molar-refractivity contribution in [1.82, 2.24) is 14.7 Å². The highest BCUT2D eigenvalue weighted by Gasteiger charge is 2.41. The average Bonchev–Trinajstić information content (AvgIpc) is 3.29. The van der Waals surface area contributed by atoms with E-state index >= 15 is 0 Å². The largest absolute Gasteiger partial charge is 0.497 e. The molecule has 9 heteroatoms. The minimum absolute atomic E-state index is 0.154. The third kappa shape index (κ3) is 3.77. The van der Waals surface area contributed by atoms with Gasteiger partial charge in [-0.3, -0.25) is 9.48 Å². The minimum atomic E-state index is -3.37. The number of carbonyl (C=O) groups is 1. The van der Waals surface area contributed by atoms with Crippen molar-refractivity contribution in [2.45, 2.75) is 11.0 Å². The van der Waals surface area contributed by atoms with E-state index < -0.39 is 15.1 Å². The lowest BCUT2D eigenvalue weighted by Gasteiger charge is -2.38. The van der Waals surface area contributed by atoms with Gasteiger partial charge in [0.05, 0.1) is 24.3 Å². The third-order valence-electron chi connectivity index (χ3n) is 5.03. The average molecular weight is 415 g/mol. The Labute approximate surface area is 168 Å². The van der Waals surface area contributed by atoms with Gasteiger partial charge in [0.1, 0.15) is 23.0 Å². The van der Waals surface area contributed by atoms with Crippen LogP contribution in [0.2, 0.25) is 0 Å². The van der Waals surface area contributed by atoms with Crippen LogP contribution in [0.25, 0.3) is 11.3 Å². The van der Waals surface area contributed by atoms with Crippen LogP contribution in [-0.4, -0.2) is 54.5 Å². The van der Waals surface area contributed by atoms with Crippen LogP contribution in [0.4, 0.5) is 0 Å². The Bertz CT molecular complexity index is 1130. The van der Waals surface area contributed by atoms with Crippen molar-refractivity contribution in [1.29, 1.82) is 0 Å². The van der Waals surface area contributed by atoms with Gasteiger partial charge in [0.15, 0.2) is 9.84 Å². The van der Waals surface area contributed by atoms with Gasteiger partial charge in [-0.05, 0) is 30.3 Å². The molecule has 1 aliphatic rings. The second kappa shape index (κ2) is 7.40. The molecule has 3 aromatic rings. The molecule has 0 unspecified atom stereocenters. The number of rotatable bonds is 6. The Morgan fingerprint density at radius 2 is 2.03 bits per heavy atom. The lowest BCUT2D eigenvalue weighted by molar-refractivity contribution is 0.0647. The summed E-state index contributed by atoms with van der Waals surface area (Å²) in [7, 11) is -0.0884. The van der Waals surface area contributed by atoms with E-state index in [1.54, 1.807) is 32.4 Å². The maximum atomic E-state index is 12.8. The molecule has 0 saturated carbocycles. The second-order valence-electron chi connectivity index (χ2n) is 6.99. The molecule has 3 heterocycles. The first-order valence-electron chi connectivity index (χ1n) is 9.09. The molecule has 1 aliphatic heterocycles. The van der Waals surface area contributed by atoms with E-state index in [0.29, 0.717) is 22.9 Å². The highest BCUT2D eigenvalue weighted by molar-refractivity contribution is 7.91. The van der Waals surface area contributed by atoms with Gasteiger partial charge in [0.25, 0.3) is 5.91 Å². The summed E-state index contributed by atoms with van der Waals surface area (Å²) >= 11 is 0. The summed E-state index contributed by atoms with van der Waals surface area (Å²) in [6.07, 6.45) is 1.45. The number of methoxy groups -OCH3 is 1. The topological polar surface area (TPSA) is 94.6 Å². The summed E-state index contributed by atoms with van der Waals surface area (Å²) < 4.78 is 36.8. The lowest BCUT2D eigenvalue weighted by Crippen LogP contribution is -2.57. The van der Waals surface area contributed by atoms with Crippen LogP contribution in [0.5, 0.6) is 5.75 Å². The standard InChI is InChI=1S/C20H21N3O5S/c1-22-19(10-18(21-22)14-5-3-6-15(9-14)27-2)20(24)23-11-17(12-23)29(25,26)13-16-7-4-8-28-16/h3-10,17H,11-13H2,1-2H3. The monoisotopic (exact) mass is 415 g/mol. The maximum Gasteiger partial charge on any atom is 0.272 e. The van der Waals surface area contributed by atoms with Gasteiger partial charge in [-0.2, -0.15) is 5.10 Å². The molecule has 2 aromatic heterocycles. The molecule has 1 fully saturated rings. The number of hydrogen-bond donors (Lipinski definition) is 0. The van der Waals surface area contributed by atoms with Crippen LogP contribution in [0, 0.1) is 0 Å². The molecule has 8 nitrogen and oxygen atoms in total. The molecular formula is C20H21N3O5S. The van der Waals surface area contributed by atoms with E-state index in [-0.39, 0.29) is 24.7 Å². The normalized spacial score (nSPS) is 14.6. The highest BCUT2D eigenvalue weighted by Crippen LogP contribution is 2.26. The van der Waals surface area contributed by atoms with Crippen molar-refractivity contribution < 1.29 is 22.4 Å². The fourth-order valence-corrected chi connectivity index (χ4v) is 4.91. The number of hydrogen-bond acceptors (Lipinski definition) is 6. The van der Waals surface area contributed by atoms with Crippen LogP contribution in [0.15, 0.2) is 53.1 Å². The first-order valence-corrected chi connectivity index (χ1v) is 10.8. The molecule has 1 amide bonds. The molecule has 1 aromatic carbocycles. The summed E-state index contributed by atoms with van der Waals surface area (Å²) in [6, 6.07) is 12.4. The number of aryl methyl sites for hydroxylation is 1. The quantitative estimate of drug-likeness (QED) is 0.612. The van der Waals surface area contributed by atoms with E-state index in [1.807, 2.05) is 24.3 Å². The number of amides is 1. The van der Waals surface area contributed by atoms with Crippen molar-refractivity contribution in [2.24, 2.45) is 7.05 Å². The van der Waals surface area contributed by atoms with Gasteiger partial charge in [-0.25, -0.2) is 8.42 Å². The Balaban J connectivity index is 1.45. The number of aromatic nitrogens is 2. The molecule has 0 bridgehead atoms. The fraction of sp³-hybridized carbons (Fsp3) is 0.300. The molecule has 4 rings (SSSR count). The van der Waals surface area contributed by atoms with E-state index in [4.69, 9.17) is 9.15 Å². The second-order valence-corrected chi connectivity index (χ2v) is 9.27. The van der Waals surface area contributed by atoms with Crippen LogP contribution in [0.3, 0.4) is 0 Å². The van der Waals surface area contributed by atoms with Crippen molar-refractivity contribution in [3.05, 3.63) is 60.2 Å². The fourth-order valence-electron chi connectivity index (χ4n) is 3.29. The Morgan fingerprint density at radius 1 is 1.24 bits per heavy atom. The van der Waals surface area contributed by atoms with Crippen LogP contribution >= 0.6 is 0 Å². The van der Waals surface area contributed by atoms with Gasteiger partial charge in [0, 0.05) is 25.7 Å². The zero-order valence-corrected chi connectivity index (χ0v) is 16.9. The number of nitrogens with zero attached hydrogens (tertiary/aromatic N) is 3. The summed E-state index contributed by atoms with van der Waals surface area (Å²) in [4.78, 5) is 14.4. The molecule has 0 N–H and O–H groups in total. The number of furan rings is 1. The summed E-state index contributed by atoms with van der Waals surface area (Å²) in [5, 5.41) is 3.84. The summed E-state index contributed by atoms with van der Waals surface area (Å²) in [5.41, 5.74) is 1.89. The number of benzene rings is 1. The SMILES string of the molecule is COc1cccc(-c2cc(C(=O)N3CC(S(=O)(=O)Cc4ccco4)C3)n(C)n2)c1. The van der Waals surface area contributed by atoms with Crippen LogP contribution < -0.4 is 4.74 Å². The van der Waals surface area contributed by atoms with Gasteiger partial charge in [0.2, 0.25) is 0 Å². The number of sulfone groups is 1. The van der Waals surface area contributed by atoms with E-state index in [1.165, 1.54) is 15.8 Å². The first-order chi connectivity index (χ1) is 13.9.